The van der Waals surface area contributed by atoms with Crippen LogP contribution in [-0.2, 0) is 28.5 Å². The predicted octanol–water partition coefficient (Wildman–Crippen LogP) is 2.90. The first-order chi connectivity index (χ1) is 11.2. The monoisotopic (exact) mass is 327 g/mol. The highest BCUT2D eigenvalue weighted by atomic mass is 32.2. The van der Waals surface area contributed by atoms with E-state index in [1.807, 2.05) is 6.07 Å². The summed E-state index contributed by atoms with van der Waals surface area (Å²) >= 11 is 0. The molecule has 1 saturated heterocycles. The van der Waals surface area contributed by atoms with Gasteiger partial charge in [0.25, 0.3) is 0 Å². The van der Waals surface area contributed by atoms with E-state index in [1.54, 1.807) is 0 Å². The first kappa shape index (κ1) is 15.1. The highest BCUT2D eigenvalue weighted by Crippen LogP contribution is 2.32. The molecular weight excluding hydrogens is 306 g/mol. The summed E-state index contributed by atoms with van der Waals surface area (Å²) in [7, 11) is -1.06. The summed E-state index contributed by atoms with van der Waals surface area (Å²) in [5.41, 5.74) is 4.88. The minimum Gasteiger partial charge on any atom is -0.379 e. The highest BCUT2D eigenvalue weighted by molar-refractivity contribution is 7.85. The number of nitrogens with zero attached hydrogens (tertiary/aromatic N) is 1. The minimum atomic E-state index is -1.06. The van der Waals surface area contributed by atoms with Gasteiger partial charge in [0.15, 0.2) is 0 Å². The van der Waals surface area contributed by atoms with E-state index in [2.05, 4.69) is 42.2 Å². The molecule has 0 bridgehead atoms. The molecule has 0 N–H and O–H groups in total. The predicted molar refractivity (Wildman–Crippen MR) is 91.2 cm³/mol. The minimum absolute atomic E-state index is 0.809. The van der Waals surface area contributed by atoms with Crippen LogP contribution < -0.4 is 0 Å². The zero-order valence-electron chi connectivity index (χ0n) is 13.4. The molecule has 0 saturated carbocycles. The smallest absolute Gasteiger partial charge is 0.0855 e. The number of fused-ring (bicyclic) bond motifs is 2. The molecule has 1 atom stereocenters. The molecule has 23 heavy (non-hydrogen) atoms. The van der Waals surface area contributed by atoms with Crippen molar-refractivity contribution in [3.8, 4) is 0 Å². The molecule has 2 aliphatic rings. The van der Waals surface area contributed by atoms with Crippen LogP contribution in [0.4, 0.5) is 0 Å². The fraction of sp³-hybridized carbons (Fsp3) is 0.368. The largest absolute Gasteiger partial charge is 0.379 e. The van der Waals surface area contributed by atoms with Crippen molar-refractivity contribution >= 4 is 10.8 Å². The van der Waals surface area contributed by atoms with Gasteiger partial charge in [0, 0.05) is 29.4 Å². The SMILES string of the molecule is Cc1ccc2c(c1)Cc1ccc(CN3CCOCC3)cc1S2=O. The number of rotatable bonds is 2. The zero-order valence-corrected chi connectivity index (χ0v) is 14.2. The highest BCUT2D eigenvalue weighted by Gasteiger charge is 2.22. The molecule has 1 unspecified atom stereocenters. The lowest BCUT2D eigenvalue weighted by molar-refractivity contribution is 0.0341. The normalized spacial score (nSPS) is 20.8. The lowest BCUT2D eigenvalue weighted by Gasteiger charge is -2.27. The summed E-state index contributed by atoms with van der Waals surface area (Å²) in [6.07, 6.45) is 0.885. The van der Waals surface area contributed by atoms with E-state index in [9.17, 15) is 4.21 Å². The molecule has 0 radical (unpaired) electrons. The van der Waals surface area contributed by atoms with E-state index >= 15 is 0 Å². The Labute approximate surface area is 139 Å². The van der Waals surface area contributed by atoms with Crippen molar-refractivity contribution in [1.29, 1.82) is 0 Å². The van der Waals surface area contributed by atoms with Gasteiger partial charge in [0.05, 0.1) is 24.0 Å². The van der Waals surface area contributed by atoms with Gasteiger partial charge in [-0.15, -0.1) is 0 Å². The van der Waals surface area contributed by atoms with Gasteiger partial charge in [0.2, 0.25) is 0 Å². The number of benzene rings is 2. The molecule has 0 aromatic heterocycles. The van der Waals surface area contributed by atoms with E-state index in [0.717, 1.165) is 49.1 Å². The molecule has 4 heteroatoms. The second-order valence-electron chi connectivity index (χ2n) is 6.39. The Bertz CT molecular complexity index is 766. The Morgan fingerprint density at radius 2 is 1.87 bits per heavy atom. The van der Waals surface area contributed by atoms with Gasteiger partial charge >= 0.3 is 0 Å². The van der Waals surface area contributed by atoms with Crippen molar-refractivity contribution in [1.82, 2.24) is 4.90 Å². The molecule has 0 spiro atoms. The molecule has 2 heterocycles. The maximum atomic E-state index is 12.9. The average molecular weight is 327 g/mol. The lowest BCUT2D eigenvalue weighted by atomic mass is 10.0. The maximum absolute atomic E-state index is 12.9. The molecule has 2 aromatic carbocycles. The van der Waals surface area contributed by atoms with Crippen LogP contribution in [0.2, 0.25) is 0 Å². The van der Waals surface area contributed by atoms with Crippen LogP contribution in [-0.4, -0.2) is 35.4 Å². The third-order valence-corrected chi connectivity index (χ3v) is 6.22. The Morgan fingerprint density at radius 1 is 1.04 bits per heavy atom. The molecule has 0 aliphatic carbocycles. The molecule has 4 rings (SSSR count). The molecule has 2 aliphatic heterocycles. The van der Waals surface area contributed by atoms with Crippen molar-refractivity contribution in [3.05, 3.63) is 58.7 Å². The first-order valence-electron chi connectivity index (χ1n) is 8.14. The quantitative estimate of drug-likeness (QED) is 0.725. The zero-order chi connectivity index (χ0) is 15.8. The molecule has 0 amide bonds. The first-order valence-corrected chi connectivity index (χ1v) is 9.29. The van der Waals surface area contributed by atoms with Crippen molar-refractivity contribution in [2.24, 2.45) is 0 Å². The van der Waals surface area contributed by atoms with Crippen LogP contribution in [0.5, 0.6) is 0 Å². The Hall–Kier alpha value is -1.49. The van der Waals surface area contributed by atoms with Crippen molar-refractivity contribution < 1.29 is 8.95 Å². The fourth-order valence-corrected chi connectivity index (χ4v) is 4.82. The number of morpholine rings is 1. The van der Waals surface area contributed by atoms with Crippen LogP contribution in [0, 0.1) is 6.92 Å². The number of hydrogen-bond donors (Lipinski definition) is 0. The molecule has 120 valence electrons. The average Bonchev–Trinajstić information content (AvgIpc) is 2.56. The second-order valence-corrected chi connectivity index (χ2v) is 7.80. The lowest BCUT2D eigenvalue weighted by Crippen LogP contribution is -2.35. The van der Waals surface area contributed by atoms with Crippen LogP contribution in [0.1, 0.15) is 22.3 Å². The van der Waals surface area contributed by atoms with Gasteiger partial charge in [0.1, 0.15) is 0 Å². The third-order valence-electron chi connectivity index (χ3n) is 4.64. The van der Waals surface area contributed by atoms with Crippen LogP contribution in [0.25, 0.3) is 0 Å². The summed E-state index contributed by atoms with van der Waals surface area (Å²) in [6, 6.07) is 12.7. The van der Waals surface area contributed by atoms with Gasteiger partial charge in [-0.2, -0.15) is 0 Å². The molecule has 2 aromatic rings. The van der Waals surface area contributed by atoms with E-state index in [-0.39, 0.29) is 0 Å². The molecule has 1 fully saturated rings. The van der Waals surface area contributed by atoms with E-state index in [0.29, 0.717) is 0 Å². The van der Waals surface area contributed by atoms with Gasteiger partial charge < -0.3 is 4.74 Å². The number of hydrogen-bond acceptors (Lipinski definition) is 3. The Morgan fingerprint density at radius 3 is 2.70 bits per heavy atom. The second kappa shape index (κ2) is 6.19. The number of ether oxygens (including phenoxy) is 1. The van der Waals surface area contributed by atoms with Crippen LogP contribution in [0.3, 0.4) is 0 Å². The van der Waals surface area contributed by atoms with Crippen LogP contribution in [0.15, 0.2) is 46.2 Å². The van der Waals surface area contributed by atoms with Crippen molar-refractivity contribution in [2.75, 3.05) is 26.3 Å². The van der Waals surface area contributed by atoms with Crippen LogP contribution >= 0.6 is 0 Å². The number of aryl methyl sites for hydroxylation is 1. The van der Waals surface area contributed by atoms with Gasteiger partial charge in [-0.05, 0) is 42.2 Å². The summed E-state index contributed by atoms with van der Waals surface area (Å²) in [4.78, 5) is 4.37. The third kappa shape index (κ3) is 2.99. The maximum Gasteiger partial charge on any atom is 0.0855 e. The van der Waals surface area contributed by atoms with Crippen molar-refractivity contribution in [3.63, 3.8) is 0 Å². The van der Waals surface area contributed by atoms with E-state index in [4.69, 9.17) is 4.74 Å². The van der Waals surface area contributed by atoms with Crippen molar-refractivity contribution in [2.45, 2.75) is 29.7 Å². The summed E-state index contributed by atoms with van der Waals surface area (Å²) < 4.78 is 18.3. The summed E-state index contributed by atoms with van der Waals surface area (Å²) in [6.45, 7) is 6.57. The van der Waals surface area contributed by atoms with Gasteiger partial charge in [-0.1, -0.05) is 29.8 Å². The van der Waals surface area contributed by atoms with E-state index < -0.39 is 10.8 Å². The fourth-order valence-electron chi connectivity index (χ4n) is 3.38. The standard InChI is InChI=1S/C19H21NO2S/c1-14-2-5-18-17(10-14)12-16-4-3-15(11-19(16)23(18)21)13-20-6-8-22-9-7-20/h2-5,10-11H,6-9,12-13H2,1H3. The van der Waals surface area contributed by atoms with Gasteiger partial charge in [-0.25, -0.2) is 4.21 Å². The summed E-state index contributed by atoms with van der Waals surface area (Å²) in [5, 5.41) is 0. The Balaban J connectivity index is 1.62. The van der Waals surface area contributed by atoms with E-state index in [1.165, 1.54) is 22.3 Å². The Kier molecular flexibility index (Phi) is 4.05. The van der Waals surface area contributed by atoms with Gasteiger partial charge in [-0.3, -0.25) is 4.90 Å². The molecular formula is C19H21NO2S. The topological polar surface area (TPSA) is 29.5 Å². The summed E-state index contributed by atoms with van der Waals surface area (Å²) in [5.74, 6) is 0. The molecule has 3 nitrogen and oxygen atoms in total.